The molecule has 0 bridgehead atoms. The Morgan fingerprint density at radius 2 is 2.32 bits per heavy atom. The monoisotopic (exact) mass is 308 g/mol. The zero-order valence-corrected chi connectivity index (χ0v) is 13.1. The van der Waals surface area contributed by atoms with Crippen LogP contribution in [0.3, 0.4) is 0 Å². The fourth-order valence-corrected chi connectivity index (χ4v) is 3.41. The summed E-state index contributed by atoms with van der Waals surface area (Å²) in [5.74, 6) is 0.372. The summed E-state index contributed by atoms with van der Waals surface area (Å²) in [7, 11) is 1.73. The molecule has 0 N–H and O–H groups in total. The first kappa shape index (κ1) is 15.5. The Bertz CT molecular complexity index is 490. The van der Waals surface area contributed by atoms with E-state index in [0.717, 1.165) is 45.8 Å². The third-order valence-electron chi connectivity index (χ3n) is 4.59. The number of hydrogen-bond donors (Lipinski definition) is 0. The third kappa shape index (κ3) is 3.34. The van der Waals surface area contributed by atoms with E-state index >= 15 is 0 Å². The van der Waals surface area contributed by atoms with Gasteiger partial charge < -0.3 is 23.7 Å². The van der Waals surface area contributed by atoms with Gasteiger partial charge in [0.15, 0.2) is 5.76 Å². The Morgan fingerprint density at radius 3 is 3.09 bits per heavy atom. The fraction of sp³-hybridized carbons (Fsp3) is 0.688. The smallest absolute Gasteiger partial charge is 0.289 e. The molecule has 1 atom stereocenters. The summed E-state index contributed by atoms with van der Waals surface area (Å²) in [5.41, 5.74) is 0.0342. The molecule has 2 fully saturated rings. The Balaban J connectivity index is 1.67. The molecule has 3 rings (SSSR count). The zero-order chi connectivity index (χ0) is 15.4. The van der Waals surface area contributed by atoms with Gasteiger partial charge in [0.1, 0.15) is 0 Å². The molecule has 122 valence electrons. The van der Waals surface area contributed by atoms with Gasteiger partial charge in [-0.25, -0.2) is 0 Å². The van der Waals surface area contributed by atoms with Crippen molar-refractivity contribution in [3.05, 3.63) is 24.2 Å². The lowest BCUT2D eigenvalue weighted by Gasteiger charge is -2.31. The first-order valence-electron chi connectivity index (χ1n) is 7.84. The van der Waals surface area contributed by atoms with Crippen molar-refractivity contribution < 1.29 is 18.7 Å². The van der Waals surface area contributed by atoms with Gasteiger partial charge >= 0.3 is 0 Å². The number of amides is 1. The van der Waals surface area contributed by atoms with Gasteiger partial charge in [-0.3, -0.25) is 4.79 Å². The van der Waals surface area contributed by atoms with Crippen molar-refractivity contribution in [1.82, 2.24) is 9.80 Å². The molecular formula is C16H24N2O4. The highest BCUT2D eigenvalue weighted by atomic mass is 16.5. The minimum absolute atomic E-state index is 0.0342. The van der Waals surface area contributed by atoms with Crippen LogP contribution in [-0.4, -0.2) is 75.4 Å². The molecule has 6 heteroatoms. The Kier molecular flexibility index (Phi) is 4.81. The molecule has 22 heavy (non-hydrogen) atoms. The fourth-order valence-electron chi connectivity index (χ4n) is 3.41. The highest BCUT2D eigenvalue weighted by molar-refractivity contribution is 5.91. The van der Waals surface area contributed by atoms with Crippen LogP contribution in [-0.2, 0) is 9.47 Å². The summed E-state index contributed by atoms with van der Waals surface area (Å²) >= 11 is 0. The van der Waals surface area contributed by atoms with Crippen molar-refractivity contribution in [2.75, 3.05) is 59.7 Å². The molecule has 1 aromatic heterocycles. The van der Waals surface area contributed by atoms with Gasteiger partial charge in [0, 0.05) is 38.7 Å². The lowest BCUT2D eigenvalue weighted by molar-refractivity contribution is 0.0612. The van der Waals surface area contributed by atoms with Crippen LogP contribution in [0.4, 0.5) is 0 Å². The predicted molar refractivity (Wildman–Crippen MR) is 80.8 cm³/mol. The number of methoxy groups -OCH3 is 1. The van der Waals surface area contributed by atoms with E-state index in [-0.39, 0.29) is 11.3 Å². The van der Waals surface area contributed by atoms with Gasteiger partial charge in [-0.2, -0.15) is 0 Å². The van der Waals surface area contributed by atoms with Crippen LogP contribution < -0.4 is 0 Å². The van der Waals surface area contributed by atoms with Crippen molar-refractivity contribution in [3.63, 3.8) is 0 Å². The summed E-state index contributed by atoms with van der Waals surface area (Å²) in [6.07, 6.45) is 2.60. The maximum atomic E-state index is 12.6. The predicted octanol–water partition coefficient (Wildman–Crippen LogP) is 1.09. The first-order chi connectivity index (χ1) is 10.7. The average Bonchev–Trinajstić information content (AvgIpc) is 3.13. The van der Waals surface area contributed by atoms with Crippen LogP contribution in [0, 0.1) is 5.41 Å². The number of hydrogen-bond acceptors (Lipinski definition) is 5. The Morgan fingerprint density at radius 1 is 1.41 bits per heavy atom. The average molecular weight is 308 g/mol. The van der Waals surface area contributed by atoms with Gasteiger partial charge in [0.25, 0.3) is 5.91 Å². The number of carbonyl (C=O) groups is 1. The second kappa shape index (κ2) is 6.81. The van der Waals surface area contributed by atoms with Crippen LogP contribution in [0.15, 0.2) is 22.8 Å². The van der Waals surface area contributed by atoms with Gasteiger partial charge in [0.2, 0.25) is 0 Å². The number of ether oxygens (including phenoxy) is 2. The van der Waals surface area contributed by atoms with Crippen molar-refractivity contribution in [1.29, 1.82) is 0 Å². The van der Waals surface area contributed by atoms with Gasteiger partial charge in [-0.05, 0) is 25.1 Å². The molecule has 2 aliphatic rings. The van der Waals surface area contributed by atoms with Crippen LogP contribution in [0.5, 0.6) is 0 Å². The number of nitrogens with zero attached hydrogens (tertiary/aromatic N) is 2. The molecule has 0 aromatic carbocycles. The maximum Gasteiger partial charge on any atom is 0.289 e. The lowest BCUT2D eigenvalue weighted by Crippen LogP contribution is -2.43. The number of rotatable bonds is 4. The molecule has 0 radical (unpaired) electrons. The summed E-state index contributed by atoms with van der Waals surface area (Å²) in [4.78, 5) is 16.8. The molecule has 1 unspecified atom stereocenters. The van der Waals surface area contributed by atoms with Gasteiger partial charge in [-0.1, -0.05) is 0 Å². The number of likely N-dealkylation sites (tertiary alicyclic amines) is 1. The van der Waals surface area contributed by atoms with Crippen molar-refractivity contribution >= 4 is 5.91 Å². The minimum atomic E-state index is -0.0368. The molecule has 6 nitrogen and oxygen atoms in total. The summed E-state index contributed by atoms with van der Waals surface area (Å²) in [6.45, 7) is 6.34. The second-order valence-corrected chi connectivity index (χ2v) is 6.28. The van der Waals surface area contributed by atoms with Crippen molar-refractivity contribution in [2.24, 2.45) is 5.41 Å². The molecular weight excluding hydrogens is 284 g/mol. The van der Waals surface area contributed by atoms with Crippen LogP contribution >= 0.6 is 0 Å². The van der Waals surface area contributed by atoms with Gasteiger partial charge in [-0.15, -0.1) is 0 Å². The summed E-state index contributed by atoms with van der Waals surface area (Å²) in [5, 5.41) is 0. The largest absolute Gasteiger partial charge is 0.459 e. The number of furan rings is 1. The molecule has 2 saturated heterocycles. The zero-order valence-electron chi connectivity index (χ0n) is 13.1. The lowest BCUT2D eigenvalue weighted by atomic mass is 9.87. The third-order valence-corrected chi connectivity index (χ3v) is 4.59. The summed E-state index contributed by atoms with van der Waals surface area (Å²) < 4.78 is 16.2. The minimum Gasteiger partial charge on any atom is -0.459 e. The highest BCUT2D eigenvalue weighted by Gasteiger charge is 2.42. The van der Waals surface area contributed by atoms with E-state index in [1.54, 1.807) is 25.5 Å². The molecule has 1 aromatic rings. The highest BCUT2D eigenvalue weighted by Crippen LogP contribution is 2.33. The van der Waals surface area contributed by atoms with Crippen LogP contribution in [0.2, 0.25) is 0 Å². The van der Waals surface area contributed by atoms with Crippen molar-refractivity contribution in [2.45, 2.75) is 6.42 Å². The van der Waals surface area contributed by atoms with Crippen LogP contribution in [0.1, 0.15) is 17.0 Å². The van der Waals surface area contributed by atoms with E-state index in [2.05, 4.69) is 4.90 Å². The van der Waals surface area contributed by atoms with E-state index in [1.165, 1.54) is 0 Å². The van der Waals surface area contributed by atoms with Gasteiger partial charge in [0.05, 0.1) is 26.1 Å². The molecule has 2 aliphatic heterocycles. The normalized spacial score (nSPS) is 26.5. The van der Waals surface area contributed by atoms with E-state index < -0.39 is 0 Å². The molecule has 3 heterocycles. The SMILES string of the molecule is COCCN1CCC2(COCCN(C(=O)c3ccco3)C2)C1. The maximum absolute atomic E-state index is 12.6. The van der Waals surface area contributed by atoms with Crippen molar-refractivity contribution in [3.8, 4) is 0 Å². The molecule has 1 spiro atoms. The number of carbonyl (C=O) groups excluding carboxylic acids is 1. The Labute approximate surface area is 131 Å². The van der Waals surface area contributed by atoms with Crippen LogP contribution in [0.25, 0.3) is 0 Å². The Hall–Kier alpha value is -1.37. The van der Waals surface area contributed by atoms with E-state index in [1.807, 2.05) is 4.90 Å². The topological polar surface area (TPSA) is 55.2 Å². The standard InChI is InChI=1S/C16H24N2O4/c1-20-9-6-17-5-4-16(11-17)12-18(7-10-21-13-16)15(19)14-3-2-8-22-14/h2-3,8H,4-7,9-13H2,1H3. The molecule has 0 aliphatic carbocycles. The van der Waals surface area contributed by atoms with E-state index in [4.69, 9.17) is 13.9 Å². The second-order valence-electron chi connectivity index (χ2n) is 6.28. The summed E-state index contributed by atoms with van der Waals surface area (Å²) in [6, 6.07) is 3.47. The van der Waals surface area contributed by atoms with E-state index in [9.17, 15) is 4.79 Å². The van der Waals surface area contributed by atoms with E-state index in [0.29, 0.717) is 18.9 Å². The molecule has 1 amide bonds. The molecule has 0 saturated carbocycles. The quantitative estimate of drug-likeness (QED) is 0.833. The first-order valence-corrected chi connectivity index (χ1v) is 7.84.